The van der Waals surface area contributed by atoms with Gasteiger partial charge in [-0.25, -0.2) is 8.42 Å². The molecule has 2 aromatic rings. The molecule has 2 aromatic carbocycles. The first-order valence-corrected chi connectivity index (χ1v) is 7.83. The maximum absolute atomic E-state index is 12.5. The summed E-state index contributed by atoms with van der Waals surface area (Å²) >= 11 is 5.82. The molecule has 0 aliphatic heterocycles. The number of hydrogen-bond acceptors (Lipinski definition) is 3. The number of sulfone groups is 1. The van der Waals surface area contributed by atoms with Crippen molar-refractivity contribution in [3.05, 3.63) is 53.1 Å². The predicted octanol–water partition coefficient (Wildman–Crippen LogP) is 4.38. The van der Waals surface area contributed by atoms with Gasteiger partial charge < -0.3 is 4.74 Å². The molecule has 8 heteroatoms. The van der Waals surface area contributed by atoms with Gasteiger partial charge in [0, 0.05) is 6.07 Å². The second kappa shape index (κ2) is 5.81. The monoisotopic (exact) mass is 350 g/mol. The third kappa shape index (κ3) is 3.72. The molecule has 0 saturated carbocycles. The lowest BCUT2D eigenvalue weighted by Crippen LogP contribution is -2.17. The van der Waals surface area contributed by atoms with Gasteiger partial charge >= 0.3 is 6.36 Å². The smallest absolute Gasteiger partial charge is 0.406 e. The summed E-state index contributed by atoms with van der Waals surface area (Å²) in [7, 11) is -4.04. The van der Waals surface area contributed by atoms with Crippen molar-refractivity contribution >= 4 is 21.4 Å². The van der Waals surface area contributed by atoms with Gasteiger partial charge in [-0.05, 0) is 31.2 Å². The van der Waals surface area contributed by atoms with Crippen molar-refractivity contribution in [3.63, 3.8) is 0 Å². The highest BCUT2D eigenvalue weighted by molar-refractivity contribution is 7.91. The van der Waals surface area contributed by atoms with Gasteiger partial charge in [0.25, 0.3) is 0 Å². The summed E-state index contributed by atoms with van der Waals surface area (Å²) in [6, 6.07) is 8.63. The van der Waals surface area contributed by atoms with Crippen molar-refractivity contribution in [1.82, 2.24) is 0 Å². The zero-order valence-corrected chi connectivity index (χ0v) is 12.8. The molecule has 0 spiro atoms. The standard InChI is InChI=1S/C14H10ClF3O3S/c1-9-2-5-11(6-3-9)22(19,20)13-8-10(4-7-12(13)15)21-14(16,17)18/h2-8H,1H3. The average Bonchev–Trinajstić information content (AvgIpc) is 2.40. The molecule has 0 N–H and O–H groups in total. The van der Waals surface area contributed by atoms with Crippen LogP contribution in [0.5, 0.6) is 5.75 Å². The summed E-state index contributed by atoms with van der Waals surface area (Å²) in [4.78, 5) is -0.510. The Morgan fingerprint density at radius 2 is 1.64 bits per heavy atom. The molecule has 0 atom stereocenters. The highest BCUT2D eigenvalue weighted by Crippen LogP contribution is 2.33. The Morgan fingerprint density at radius 1 is 1.05 bits per heavy atom. The summed E-state index contributed by atoms with van der Waals surface area (Å²) in [6.45, 7) is 1.78. The Kier molecular flexibility index (Phi) is 4.39. The fourth-order valence-corrected chi connectivity index (χ4v) is 3.50. The number of halogens is 4. The van der Waals surface area contributed by atoms with Crippen LogP contribution in [0.3, 0.4) is 0 Å². The SMILES string of the molecule is Cc1ccc(S(=O)(=O)c2cc(OC(F)(F)F)ccc2Cl)cc1. The van der Waals surface area contributed by atoms with E-state index in [1.54, 1.807) is 19.1 Å². The molecule has 0 aromatic heterocycles. The highest BCUT2D eigenvalue weighted by Gasteiger charge is 2.32. The topological polar surface area (TPSA) is 43.4 Å². The Balaban J connectivity index is 2.51. The number of aryl methyl sites for hydroxylation is 1. The van der Waals surface area contributed by atoms with E-state index >= 15 is 0 Å². The lowest BCUT2D eigenvalue weighted by atomic mass is 10.2. The first kappa shape index (κ1) is 16.6. The molecular formula is C14H10ClF3O3S. The minimum Gasteiger partial charge on any atom is -0.406 e. The molecular weight excluding hydrogens is 341 g/mol. The zero-order valence-electron chi connectivity index (χ0n) is 11.2. The first-order chi connectivity index (χ1) is 10.1. The Hall–Kier alpha value is -1.73. The van der Waals surface area contributed by atoms with Crippen LogP contribution in [-0.4, -0.2) is 14.8 Å². The molecule has 0 unspecified atom stereocenters. The van der Waals surface area contributed by atoms with E-state index in [1.165, 1.54) is 12.1 Å². The van der Waals surface area contributed by atoms with Crippen molar-refractivity contribution in [3.8, 4) is 5.75 Å². The van der Waals surface area contributed by atoms with E-state index in [0.29, 0.717) is 0 Å². The Bertz CT molecular complexity index is 784. The Labute approximate surface area is 130 Å². The van der Waals surface area contributed by atoms with Crippen LogP contribution >= 0.6 is 11.6 Å². The van der Waals surface area contributed by atoms with Crippen LogP contribution in [0.2, 0.25) is 5.02 Å². The molecule has 0 bridgehead atoms. The van der Waals surface area contributed by atoms with E-state index in [0.717, 1.165) is 23.8 Å². The van der Waals surface area contributed by atoms with Gasteiger partial charge in [-0.2, -0.15) is 0 Å². The summed E-state index contributed by atoms with van der Waals surface area (Å²) in [5.74, 6) is -0.650. The molecule has 0 aliphatic carbocycles. The highest BCUT2D eigenvalue weighted by atomic mass is 35.5. The van der Waals surface area contributed by atoms with E-state index in [1.807, 2.05) is 0 Å². The van der Waals surface area contributed by atoms with Crippen LogP contribution in [0.15, 0.2) is 52.3 Å². The van der Waals surface area contributed by atoms with Gasteiger partial charge in [0.05, 0.1) is 14.8 Å². The van der Waals surface area contributed by atoms with Crippen molar-refractivity contribution in [2.45, 2.75) is 23.1 Å². The second-order valence-corrected chi connectivity index (χ2v) is 6.78. The third-order valence-corrected chi connectivity index (χ3v) is 5.01. The van der Waals surface area contributed by atoms with Crippen molar-refractivity contribution < 1.29 is 26.3 Å². The lowest BCUT2D eigenvalue weighted by molar-refractivity contribution is -0.274. The van der Waals surface area contributed by atoms with Crippen LogP contribution < -0.4 is 4.74 Å². The number of rotatable bonds is 3. The Morgan fingerprint density at radius 3 is 2.18 bits per heavy atom. The van der Waals surface area contributed by atoms with Crippen molar-refractivity contribution in [2.75, 3.05) is 0 Å². The van der Waals surface area contributed by atoms with Gasteiger partial charge in [-0.1, -0.05) is 29.3 Å². The molecule has 0 heterocycles. The first-order valence-electron chi connectivity index (χ1n) is 5.97. The van der Waals surface area contributed by atoms with Crippen LogP contribution in [0, 0.1) is 6.92 Å². The zero-order chi connectivity index (χ0) is 16.5. The van der Waals surface area contributed by atoms with Crippen LogP contribution in [0.4, 0.5) is 13.2 Å². The van der Waals surface area contributed by atoms with Gasteiger partial charge in [-0.3, -0.25) is 0 Å². The molecule has 0 radical (unpaired) electrons. The maximum atomic E-state index is 12.5. The van der Waals surface area contributed by atoms with Crippen LogP contribution in [0.25, 0.3) is 0 Å². The lowest BCUT2D eigenvalue weighted by Gasteiger charge is -2.12. The minimum atomic E-state index is -4.92. The van der Waals surface area contributed by atoms with E-state index in [-0.39, 0.29) is 9.92 Å². The molecule has 118 valence electrons. The number of ether oxygens (including phenoxy) is 1. The number of alkyl halides is 3. The van der Waals surface area contributed by atoms with E-state index in [2.05, 4.69) is 4.74 Å². The molecule has 0 amide bonds. The molecule has 2 rings (SSSR count). The van der Waals surface area contributed by atoms with E-state index in [4.69, 9.17) is 11.6 Å². The van der Waals surface area contributed by atoms with Crippen molar-refractivity contribution in [2.24, 2.45) is 0 Å². The van der Waals surface area contributed by atoms with Crippen LogP contribution in [-0.2, 0) is 9.84 Å². The summed E-state index contributed by atoms with van der Waals surface area (Å²) in [5, 5.41) is -0.185. The normalized spacial score (nSPS) is 12.2. The van der Waals surface area contributed by atoms with Crippen LogP contribution in [0.1, 0.15) is 5.56 Å². The molecule has 0 fully saturated rings. The fourth-order valence-electron chi connectivity index (χ4n) is 1.73. The third-order valence-electron chi connectivity index (χ3n) is 2.76. The molecule has 3 nitrogen and oxygen atoms in total. The molecule has 0 saturated heterocycles. The quantitative estimate of drug-likeness (QED) is 0.825. The van der Waals surface area contributed by atoms with Gasteiger partial charge in [0.2, 0.25) is 9.84 Å². The molecule has 22 heavy (non-hydrogen) atoms. The summed E-state index contributed by atoms with van der Waals surface area (Å²) in [6.07, 6.45) is -4.92. The fraction of sp³-hybridized carbons (Fsp3) is 0.143. The van der Waals surface area contributed by atoms with Crippen molar-refractivity contribution in [1.29, 1.82) is 0 Å². The number of hydrogen-bond donors (Lipinski definition) is 0. The largest absolute Gasteiger partial charge is 0.573 e. The van der Waals surface area contributed by atoms with Gasteiger partial charge in [0.1, 0.15) is 5.75 Å². The minimum absolute atomic E-state index is 0.0656. The van der Waals surface area contributed by atoms with E-state index in [9.17, 15) is 21.6 Å². The van der Waals surface area contributed by atoms with Gasteiger partial charge in [0.15, 0.2) is 0 Å². The second-order valence-electron chi connectivity index (χ2n) is 4.46. The summed E-state index contributed by atoms with van der Waals surface area (Å²) < 4.78 is 65.3. The van der Waals surface area contributed by atoms with Gasteiger partial charge in [-0.15, -0.1) is 13.2 Å². The average molecular weight is 351 g/mol. The molecule has 0 aliphatic rings. The summed E-state index contributed by atoms with van der Waals surface area (Å²) in [5.41, 5.74) is 0.846. The van der Waals surface area contributed by atoms with E-state index < -0.39 is 26.8 Å². The predicted molar refractivity (Wildman–Crippen MR) is 74.8 cm³/mol. The number of benzene rings is 2. The maximum Gasteiger partial charge on any atom is 0.573 e.